The number of hydrogen-bond acceptors (Lipinski definition) is 2. The zero-order valence-electron chi connectivity index (χ0n) is 13.7. The average molecular weight is 442 g/mol. The molecular formula is C19H12Cl4N2O2. The summed E-state index contributed by atoms with van der Waals surface area (Å²) in [5.41, 5.74) is 0.486. The molecule has 0 aliphatic carbocycles. The highest BCUT2D eigenvalue weighted by Gasteiger charge is 2.15. The Bertz CT molecular complexity index is 1040. The van der Waals surface area contributed by atoms with Gasteiger partial charge in [0.2, 0.25) is 0 Å². The van der Waals surface area contributed by atoms with Crippen LogP contribution >= 0.6 is 46.4 Å². The van der Waals surface area contributed by atoms with Gasteiger partial charge in [0.25, 0.3) is 11.5 Å². The number of carbonyl (C=O) groups excluding carboxylic acids is 1. The number of pyridine rings is 1. The molecule has 0 bridgehead atoms. The van der Waals surface area contributed by atoms with E-state index in [4.69, 9.17) is 46.4 Å². The van der Waals surface area contributed by atoms with Gasteiger partial charge in [-0.25, -0.2) is 0 Å². The van der Waals surface area contributed by atoms with E-state index in [1.54, 1.807) is 36.5 Å². The van der Waals surface area contributed by atoms with E-state index in [0.717, 1.165) is 0 Å². The molecule has 1 N–H and O–H groups in total. The Morgan fingerprint density at radius 1 is 0.926 bits per heavy atom. The van der Waals surface area contributed by atoms with Gasteiger partial charge in [0, 0.05) is 37.5 Å². The van der Waals surface area contributed by atoms with Crippen LogP contribution < -0.4 is 10.9 Å². The van der Waals surface area contributed by atoms with E-state index in [0.29, 0.717) is 31.3 Å². The van der Waals surface area contributed by atoms with Crippen LogP contribution in [0.5, 0.6) is 0 Å². The van der Waals surface area contributed by atoms with Gasteiger partial charge in [-0.15, -0.1) is 0 Å². The Morgan fingerprint density at radius 3 is 2.19 bits per heavy atom. The Kier molecular flexibility index (Phi) is 6.12. The third kappa shape index (κ3) is 4.66. The highest BCUT2D eigenvalue weighted by atomic mass is 35.5. The van der Waals surface area contributed by atoms with Crippen LogP contribution in [0.2, 0.25) is 20.1 Å². The van der Waals surface area contributed by atoms with Crippen molar-refractivity contribution < 1.29 is 4.79 Å². The summed E-state index contributed by atoms with van der Waals surface area (Å²) in [6, 6.07) is 12.8. The predicted octanol–water partition coefficient (Wildman–Crippen LogP) is 5.76. The molecule has 1 aromatic heterocycles. The summed E-state index contributed by atoms with van der Waals surface area (Å²) >= 11 is 24.2. The molecular weight excluding hydrogens is 430 g/mol. The zero-order chi connectivity index (χ0) is 19.6. The summed E-state index contributed by atoms with van der Waals surface area (Å²) < 4.78 is 1.37. The van der Waals surface area contributed by atoms with Gasteiger partial charge in [0.1, 0.15) is 5.56 Å². The largest absolute Gasteiger partial charge is 0.322 e. The molecule has 3 rings (SSSR count). The molecule has 0 unspecified atom stereocenters. The van der Waals surface area contributed by atoms with Crippen molar-refractivity contribution in [2.75, 3.05) is 5.32 Å². The van der Waals surface area contributed by atoms with Gasteiger partial charge in [-0.1, -0.05) is 52.5 Å². The average Bonchev–Trinajstić information content (AvgIpc) is 2.58. The van der Waals surface area contributed by atoms with Gasteiger partial charge in [-0.3, -0.25) is 9.59 Å². The van der Waals surface area contributed by atoms with Crippen molar-refractivity contribution in [3.8, 4) is 0 Å². The summed E-state index contributed by atoms with van der Waals surface area (Å²) in [5, 5.41) is 4.25. The third-order valence-corrected chi connectivity index (χ3v) is 4.92. The van der Waals surface area contributed by atoms with E-state index in [-0.39, 0.29) is 12.1 Å². The fourth-order valence-corrected chi connectivity index (χ4v) is 3.56. The zero-order valence-corrected chi connectivity index (χ0v) is 16.7. The molecule has 0 saturated carbocycles. The second kappa shape index (κ2) is 8.36. The summed E-state index contributed by atoms with van der Waals surface area (Å²) in [6.45, 7) is 0.140. The van der Waals surface area contributed by atoms with E-state index in [1.807, 2.05) is 0 Å². The van der Waals surface area contributed by atoms with E-state index in [2.05, 4.69) is 5.32 Å². The molecule has 0 spiro atoms. The fraction of sp³-hybridized carbons (Fsp3) is 0.0526. The summed E-state index contributed by atoms with van der Waals surface area (Å²) in [6.07, 6.45) is 1.56. The minimum absolute atomic E-state index is 0.0308. The molecule has 0 saturated heterocycles. The van der Waals surface area contributed by atoms with Crippen molar-refractivity contribution in [3.63, 3.8) is 0 Å². The first kappa shape index (κ1) is 19.8. The first-order valence-corrected chi connectivity index (χ1v) is 9.26. The van der Waals surface area contributed by atoms with Crippen molar-refractivity contribution in [2.24, 2.45) is 0 Å². The number of carbonyl (C=O) groups is 1. The number of anilines is 1. The lowest BCUT2D eigenvalue weighted by molar-refractivity contribution is 0.102. The maximum absolute atomic E-state index is 12.7. The van der Waals surface area contributed by atoms with Crippen molar-refractivity contribution in [2.45, 2.75) is 6.54 Å². The molecule has 0 radical (unpaired) electrons. The smallest absolute Gasteiger partial charge is 0.263 e. The number of hydrogen-bond donors (Lipinski definition) is 1. The van der Waals surface area contributed by atoms with Crippen LogP contribution in [-0.4, -0.2) is 10.5 Å². The van der Waals surface area contributed by atoms with E-state index < -0.39 is 11.5 Å². The van der Waals surface area contributed by atoms with E-state index in [1.165, 1.54) is 22.8 Å². The van der Waals surface area contributed by atoms with Crippen LogP contribution in [0.25, 0.3) is 0 Å². The minimum atomic E-state index is -0.571. The molecule has 27 heavy (non-hydrogen) atoms. The minimum Gasteiger partial charge on any atom is -0.322 e. The molecule has 8 heteroatoms. The Balaban J connectivity index is 1.90. The highest BCUT2D eigenvalue weighted by molar-refractivity contribution is 6.36. The highest BCUT2D eigenvalue weighted by Crippen LogP contribution is 2.25. The van der Waals surface area contributed by atoms with E-state index >= 15 is 0 Å². The molecule has 138 valence electrons. The number of benzene rings is 2. The Hall–Kier alpha value is -1.98. The van der Waals surface area contributed by atoms with Crippen LogP contribution in [0.15, 0.2) is 59.5 Å². The maximum Gasteiger partial charge on any atom is 0.263 e. The number of rotatable bonds is 4. The van der Waals surface area contributed by atoms with Crippen molar-refractivity contribution in [1.82, 2.24) is 4.57 Å². The second-order valence-corrected chi connectivity index (χ2v) is 7.35. The normalized spacial score (nSPS) is 10.7. The van der Waals surface area contributed by atoms with Crippen molar-refractivity contribution in [3.05, 3.63) is 96.3 Å². The lowest BCUT2D eigenvalue weighted by atomic mass is 10.2. The summed E-state index contributed by atoms with van der Waals surface area (Å²) in [5.74, 6) is -0.571. The van der Waals surface area contributed by atoms with Crippen LogP contribution in [-0.2, 0) is 6.54 Å². The van der Waals surface area contributed by atoms with Gasteiger partial charge in [-0.2, -0.15) is 0 Å². The molecule has 3 aromatic rings. The molecule has 0 aliphatic heterocycles. The Labute approximate surface area is 175 Å². The van der Waals surface area contributed by atoms with Gasteiger partial charge >= 0.3 is 0 Å². The number of amides is 1. The number of halogens is 4. The molecule has 1 heterocycles. The van der Waals surface area contributed by atoms with Crippen LogP contribution in [0.3, 0.4) is 0 Å². The maximum atomic E-state index is 12.7. The molecule has 4 nitrogen and oxygen atoms in total. The topological polar surface area (TPSA) is 51.1 Å². The monoisotopic (exact) mass is 440 g/mol. The van der Waals surface area contributed by atoms with Gasteiger partial charge in [0.15, 0.2) is 0 Å². The molecule has 1 amide bonds. The fourth-order valence-electron chi connectivity index (χ4n) is 2.51. The van der Waals surface area contributed by atoms with Crippen LogP contribution in [0.4, 0.5) is 5.69 Å². The molecule has 0 atom stereocenters. The molecule has 0 fully saturated rings. The Morgan fingerprint density at radius 2 is 1.56 bits per heavy atom. The summed E-state index contributed by atoms with van der Waals surface area (Å²) in [4.78, 5) is 25.3. The second-order valence-electron chi connectivity index (χ2n) is 5.67. The number of aromatic nitrogens is 1. The SMILES string of the molecule is O=C(Nc1cc(Cl)cc(Cl)c1)c1cccn(Cc2c(Cl)cccc2Cl)c1=O. The number of nitrogens with one attached hydrogen (secondary N) is 1. The first-order chi connectivity index (χ1) is 12.8. The standard InChI is InChI=1S/C19H12Cl4N2O2/c20-11-7-12(21)9-13(8-11)24-18(26)14-3-2-6-25(19(14)27)10-15-16(22)4-1-5-17(15)23/h1-9H,10H2,(H,24,26). The van der Waals surface area contributed by atoms with Crippen molar-refractivity contribution in [1.29, 1.82) is 0 Å². The lowest BCUT2D eigenvalue weighted by Crippen LogP contribution is -2.29. The van der Waals surface area contributed by atoms with Crippen molar-refractivity contribution >= 4 is 58.0 Å². The van der Waals surface area contributed by atoms with E-state index in [9.17, 15) is 9.59 Å². The third-order valence-electron chi connectivity index (χ3n) is 3.78. The molecule has 2 aromatic carbocycles. The predicted molar refractivity (Wildman–Crippen MR) is 111 cm³/mol. The van der Waals surface area contributed by atoms with Gasteiger partial charge in [0.05, 0.1) is 6.54 Å². The van der Waals surface area contributed by atoms with Crippen LogP contribution in [0, 0.1) is 0 Å². The van der Waals surface area contributed by atoms with Crippen LogP contribution in [0.1, 0.15) is 15.9 Å². The summed E-state index contributed by atoms with van der Waals surface area (Å²) in [7, 11) is 0. The quantitative estimate of drug-likeness (QED) is 0.559. The first-order valence-electron chi connectivity index (χ1n) is 7.75. The lowest BCUT2D eigenvalue weighted by Gasteiger charge is -2.11. The van der Waals surface area contributed by atoms with Gasteiger partial charge in [-0.05, 0) is 42.5 Å². The number of nitrogens with zero attached hydrogens (tertiary/aromatic N) is 1. The molecule has 0 aliphatic rings. The van der Waals surface area contributed by atoms with Gasteiger partial charge < -0.3 is 9.88 Å².